The van der Waals surface area contributed by atoms with E-state index in [0.717, 1.165) is 27.2 Å². The molecule has 2 aromatic carbocycles. The maximum absolute atomic E-state index is 12.8. The Morgan fingerprint density at radius 1 is 1.00 bits per heavy atom. The normalized spacial score (nSPS) is 13.7. The maximum atomic E-state index is 12.8. The summed E-state index contributed by atoms with van der Waals surface area (Å²) in [4.78, 5) is 37.4. The molecule has 1 N–H and O–H groups in total. The number of rotatable bonds is 6. The number of hydrogen-bond acceptors (Lipinski definition) is 5. The average Bonchev–Trinajstić information content (AvgIpc) is 3.02. The SMILES string of the molecule is C[C@@H](C(=O)OC(C)(C)C)N(CC(=O)O)C(=O)OCC1c2ccccc2-c2ccccc21. The van der Waals surface area contributed by atoms with Gasteiger partial charge >= 0.3 is 18.0 Å². The van der Waals surface area contributed by atoms with E-state index in [2.05, 4.69) is 0 Å². The smallest absolute Gasteiger partial charge is 0.411 e. The Kier molecular flexibility index (Phi) is 6.34. The van der Waals surface area contributed by atoms with Gasteiger partial charge in [0.15, 0.2) is 0 Å². The molecule has 0 fully saturated rings. The molecule has 7 heteroatoms. The first-order valence-electron chi connectivity index (χ1n) is 10.1. The van der Waals surface area contributed by atoms with E-state index in [1.54, 1.807) is 20.8 Å². The van der Waals surface area contributed by atoms with E-state index >= 15 is 0 Å². The number of carbonyl (C=O) groups excluding carboxylic acids is 2. The van der Waals surface area contributed by atoms with Gasteiger partial charge in [-0.15, -0.1) is 0 Å². The van der Waals surface area contributed by atoms with Crippen LogP contribution in [0.5, 0.6) is 0 Å². The Hall–Kier alpha value is -3.35. The van der Waals surface area contributed by atoms with Crippen molar-refractivity contribution in [3.05, 3.63) is 59.7 Å². The Morgan fingerprint density at radius 3 is 2.00 bits per heavy atom. The van der Waals surface area contributed by atoms with Crippen molar-refractivity contribution >= 4 is 18.0 Å². The molecule has 1 amide bonds. The van der Waals surface area contributed by atoms with Crippen LogP contribution in [0, 0.1) is 0 Å². The van der Waals surface area contributed by atoms with Crippen LogP contribution in [-0.2, 0) is 19.1 Å². The Bertz CT molecular complexity index is 948. The first kappa shape index (κ1) is 22.3. The number of carbonyl (C=O) groups is 3. The molecule has 2 aromatic rings. The Balaban J connectivity index is 1.77. The number of hydrogen-bond donors (Lipinski definition) is 1. The molecule has 0 heterocycles. The van der Waals surface area contributed by atoms with E-state index in [9.17, 15) is 19.5 Å². The number of amides is 1. The monoisotopic (exact) mass is 425 g/mol. The number of carboxylic acid groups (broad SMARTS) is 1. The second-order valence-electron chi connectivity index (χ2n) is 8.54. The second kappa shape index (κ2) is 8.79. The fourth-order valence-electron chi connectivity index (χ4n) is 3.70. The van der Waals surface area contributed by atoms with Crippen molar-refractivity contribution in [3.8, 4) is 11.1 Å². The molecule has 0 spiro atoms. The van der Waals surface area contributed by atoms with E-state index in [4.69, 9.17) is 9.47 Å². The third kappa shape index (κ3) is 5.05. The highest BCUT2D eigenvalue weighted by Gasteiger charge is 2.34. The van der Waals surface area contributed by atoms with Crippen LogP contribution in [0.15, 0.2) is 48.5 Å². The van der Waals surface area contributed by atoms with E-state index in [-0.39, 0.29) is 12.5 Å². The van der Waals surface area contributed by atoms with E-state index in [1.165, 1.54) is 6.92 Å². The zero-order valence-electron chi connectivity index (χ0n) is 18.1. The van der Waals surface area contributed by atoms with Gasteiger partial charge in [0.1, 0.15) is 24.8 Å². The van der Waals surface area contributed by atoms with Crippen LogP contribution in [0.4, 0.5) is 4.79 Å². The van der Waals surface area contributed by atoms with Crippen molar-refractivity contribution in [1.29, 1.82) is 0 Å². The summed E-state index contributed by atoms with van der Waals surface area (Å²) in [6.07, 6.45) is -0.873. The van der Waals surface area contributed by atoms with Crippen LogP contribution in [0.2, 0.25) is 0 Å². The van der Waals surface area contributed by atoms with Crippen molar-refractivity contribution in [2.75, 3.05) is 13.2 Å². The molecule has 7 nitrogen and oxygen atoms in total. The lowest BCUT2D eigenvalue weighted by atomic mass is 9.98. The molecular formula is C24H27NO6. The first-order chi connectivity index (χ1) is 14.6. The third-order valence-corrected chi connectivity index (χ3v) is 5.09. The minimum absolute atomic E-state index is 0.0318. The van der Waals surface area contributed by atoms with E-state index in [0.29, 0.717) is 0 Å². The van der Waals surface area contributed by atoms with Gasteiger partial charge in [0.05, 0.1) is 0 Å². The lowest BCUT2D eigenvalue weighted by Gasteiger charge is -2.29. The van der Waals surface area contributed by atoms with Crippen molar-refractivity contribution < 1.29 is 29.0 Å². The quantitative estimate of drug-likeness (QED) is 0.702. The molecule has 0 aromatic heterocycles. The number of aliphatic carboxylic acids is 1. The molecule has 164 valence electrons. The van der Waals surface area contributed by atoms with Gasteiger partial charge in [-0.1, -0.05) is 48.5 Å². The van der Waals surface area contributed by atoms with E-state index in [1.807, 2.05) is 48.5 Å². The minimum Gasteiger partial charge on any atom is -0.480 e. The summed E-state index contributed by atoms with van der Waals surface area (Å²) in [5, 5.41) is 9.23. The highest BCUT2D eigenvalue weighted by Crippen LogP contribution is 2.44. The predicted molar refractivity (Wildman–Crippen MR) is 115 cm³/mol. The third-order valence-electron chi connectivity index (χ3n) is 5.09. The summed E-state index contributed by atoms with van der Waals surface area (Å²) in [6, 6.07) is 14.7. The molecule has 3 rings (SSSR count). The number of benzene rings is 2. The largest absolute Gasteiger partial charge is 0.480 e. The van der Waals surface area contributed by atoms with Gasteiger partial charge in [-0.05, 0) is 49.9 Å². The second-order valence-corrected chi connectivity index (χ2v) is 8.54. The lowest BCUT2D eigenvalue weighted by molar-refractivity contribution is -0.160. The van der Waals surface area contributed by atoms with Crippen LogP contribution >= 0.6 is 0 Å². The molecule has 31 heavy (non-hydrogen) atoms. The van der Waals surface area contributed by atoms with Gasteiger partial charge in [0.25, 0.3) is 0 Å². The van der Waals surface area contributed by atoms with Crippen molar-refractivity contribution in [2.45, 2.75) is 45.3 Å². The van der Waals surface area contributed by atoms with Crippen molar-refractivity contribution in [3.63, 3.8) is 0 Å². The molecular weight excluding hydrogens is 398 g/mol. The molecule has 1 atom stereocenters. The lowest BCUT2D eigenvalue weighted by Crippen LogP contribution is -2.48. The molecule has 1 aliphatic carbocycles. The molecule has 0 radical (unpaired) electrons. The topological polar surface area (TPSA) is 93.1 Å². The number of esters is 1. The number of carboxylic acids is 1. The average molecular weight is 425 g/mol. The summed E-state index contributed by atoms with van der Waals surface area (Å²) in [6.45, 7) is 5.89. The fraction of sp³-hybridized carbons (Fsp3) is 0.375. The summed E-state index contributed by atoms with van der Waals surface area (Å²) in [5.74, 6) is -2.11. The highest BCUT2D eigenvalue weighted by atomic mass is 16.6. The molecule has 0 aliphatic heterocycles. The predicted octanol–water partition coefficient (Wildman–Crippen LogP) is 4.05. The molecule has 0 bridgehead atoms. The molecule has 0 saturated heterocycles. The molecule has 0 saturated carbocycles. The molecule has 1 aliphatic rings. The van der Waals surface area contributed by atoms with Gasteiger partial charge < -0.3 is 14.6 Å². The summed E-state index contributed by atoms with van der Waals surface area (Å²) in [7, 11) is 0. The molecule has 0 unspecified atom stereocenters. The zero-order chi connectivity index (χ0) is 22.8. The number of ether oxygens (including phenoxy) is 2. The van der Waals surface area contributed by atoms with Gasteiger partial charge in [-0.2, -0.15) is 0 Å². The highest BCUT2D eigenvalue weighted by molar-refractivity contribution is 5.84. The van der Waals surface area contributed by atoms with Crippen LogP contribution in [0.25, 0.3) is 11.1 Å². The number of fused-ring (bicyclic) bond motifs is 3. The van der Waals surface area contributed by atoms with Crippen molar-refractivity contribution in [2.24, 2.45) is 0 Å². The summed E-state index contributed by atoms with van der Waals surface area (Å²) >= 11 is 0. The zero-order valence-corrected chi connectivity index (χ0v) is 18.1. The first-order valence-corrected chi connectivity index (χ1v) is 10.1. The van der Waals surface area contributed by atoms with Gasteiger partial charge in [0.2, 0.25) is 0 Å². The Morgan fingerprint density at radius 2 is 1.52 bits per heavy atom. The Labute approximate surface area is 181 Å². The van der Waals surface area contributed by atoms with Crippen LogP contribution in [0.3, 0.4) is 0 Å². The standard InChI is InChI=1S/C24H27NO6/c1-15(22(28)31-24(2,3)4)25(13-21(26)27)23(29)30-14-20-18-11-7-5-9-16(18)17-10-6-8-12-19(17)20/h5-12,15,20H,13-14H2,1-4H3,(H,26,27)/t15-/m0/s1. The van der Waals surface area contributed by atoms with Gasteiger partial charge in [0, 0.05) is 5.92 Å². The van der Waals surface area contributed by atoms with Crippen LogP contribution < -0.4 is 0 Å². The van der Waals surface area contributed by atoms with Crippen LogP contribution in [0.1, 0.15) is 44.7 Å². The minimum atomic E-state index is -1.25. The van der Waals surface area contributed by atoms with Crippen molar-refractivity contribution in [1.82, 2.24) is 4.90 Å². The summed E-state index contributed by atoms with van der Waals surface area (Å²) < 4.78 is 10.8. The van der Waals surface area contributed by atoms with E-state index < -0.39 is 36.2 Å². The maximum Gasteiger partial charge on any atom is 0.411 e. The number of nitrogens with zero attached hydrogens (tertiary/aromatic N) is 1. The van der Waals surface area contributed by atoms with Gasteiger partial charge in [-0.25, -0.2) is 9.59 Å². The van der Waals surface area contributed by atoms with Gasteiger partial charge in [-0.3, -0.25) is 9.69 Å². The van der Waals surface area contributed by atoms with Crippen LogP contribution in [-0.4, -0.2) is 52.8 Å². The fourth-order valence-corrected chi connectivity index (χ4v) is 3.70. The summed E-state index contributed by atoms with van der Waals surface area (Å²) in [5.41, 5.74) is 3.50.